The van der Waals surface area contributed by atoms with Gasteiger partial charge in [-0.25, -0.2) is 0 Å². The molecule has 1 heterocycles. The molecule has 1 amide bonds. The highest BCUT2D eigenvalue weighted by Gasteiger charge is 2.06. The molecule has 0 fully saturated rings. The van der Waals surface area contributed by atoms with Crippen LogP contribution in [0.1, 0.15) is 39.5 Å². The smallest absolute Gasteiger partial charge is 0.262 e. The minimum Gasteiger partial charge on any atom is -0.354 e. The maximum Gasteiger partial charge on any atom is 0.262 e. The zero-order valence-electron chi connectivity index (χ0n) is 13.6. The van der Waals surface area contributed by atoms with Gasteiger partial charge in [0.2, 0.25) is 5.91 Å². The summed E-state index contributed by atoms with van der Waals surface area (Å²) in [6.07, 6.45) is 3.05. The molecule has 0 saturated heterocycles. The van der Waals surface area contributed by atoms with E-state index in [2.05, 4.69) is 10.3 Å². The highest BCUT2D eigenvalue weighted by Crippen LogP contribution is 2.07. The third-order valence-electron chi connectivity index (χ3n) is 3.62. The number of unbranched alkanes of at least 4 members (excludes halogenated alkanes) is 2. The zero-order chi connectivity index (χ0) is 16.8. The van der Waals surface area contributed by atoms with Crippen molar-refractivity contribution in [3.63, 3.8) is 0 Å². The average Bonchev–Trinajstić information content (AvgIpc) is 2.49. The Balaban J connectivity index is 1.92. The van der Waals surface area contributed by atoms with E-state index < -0.39 is 0 Å². The first-order valence-electron chi connectivity index (χ1n) is 8.00. The number of aromatic amines is 1. The van der Waals surface area contributed by atoms with Gasteiger partial charge in [-0.05, 0) is 51.0 Å². The molecule has 0 aliphatic carbocycles. The van der Waals surface area contributed by atoms with Gasteiger partial charge in [-0.2, -0.15) is 0 Å². The summed E-state index contributed by atoms with van der Waals surface area (Å²) in [4.78, 5) is 27.1. The molecular weight excluding hydrogens is 310 g/mol. The molecule has 1 aromatic heterocycles. The summed E-state index contributed by atoms with van der Waals surface area (Å²) in [5.41, 5.74) is 0.714. The lowest BCUT2D eigenvalue weighted by Gasteiger charge is -2.09. The van der Waals surface area contributed by atoms with Crippen molar-refractivity contribution in [1.29, 1.82) is 0 Å². The Bertz CT molecular complexity index is 792. The number of benzene rings is 1. The van der Waals surface area contributed by atoms with Gasteiger partial charge in [0, 0.05) is 19.0 Å². The number of amides is 1. The van der Waals surface area contributed by atoms with Crippen LogP contribution in [-0.2, 0) is 11.3 Å². The summed E-state index contributed by atoms with van der Waals surface area (Å²) in [6.45, 7) is 4.47. The number of aromatic nitrogens is 2. The molecule has 1 aromatic carbocycles. The summed E-state index contributed by atoms with van der Waals surface area (Å²) < 4.78 is 2.05. The van der Waals surface area contributed by atoms with Crippen molar-refractivity contribution in [1.82, 2.24) is 14.9 Å². The van der Waals surface area contributed by atoms with Gasteiger partial charge < -0.3 is 10.3 Å². The van der Waals surface area contributed by atoms with E-state index in [1.807, 2.05) is 32.0 Å². The molecule has 2 aromatic rings. The Morgan fingerprint density at radius 1 is 1.26 bits per heavy atom. The van der Waals surface area contributed by atoms with E-state index in [1.54, 1.807) is 10.6 Å². The quantitative estimate of drug-likeness (QED) is 0.604. The third-order valence-corrected chi connectivity index (χ3v) is 3.95. The average molecular weight is 333 g/mol. The monoisotopic (exact) mass is 333 g/mol. The molecule has 0 saturated carbocycles. The minimum atomic E-state index is -0.0538. The van der Waals surface area contributed by atoms with Crippen LogP contribution in [0, 0.1) is 4.77 Å². The topological polar surface area (TPSA) is 66.9 Å². The Kier molecular flexibility index (Phi) is 6.10. The van der Waals surface area contributed by atoms with Gasteiger partial charge in [-0.3, -0.25) is 14.2 Å². The minimum absolute atomic E-state index is 0.0538. The largest absolute Gasteiger partial charge is 0.354 e. The van der Waals surface area contributed by atoms with Crippen molar-refractivity contribution in [3.8, 4) is 0 Å². The van der Waals surface area contributed by atoms with Crippen molar-refractivity contribution in [2.75, 3.05) is 0 Å². The lowest BCUT2D eigenvalue weighted by atomic mass is 10.2. The number of para-hydroxylation sites is 1. The van der Waals surface area contributed by atoms with E-state index in [9.17, 15) is 9.59 Å². The van der Waals surface area contributed by atoms with Crippen molar-refractivity contribution >= 4 is 29.0 Å². The fourth-order valence-electron chi connectivity index (χ4n) is 2.53. The summed E-state index contributed by atoms with van der Waals surface area (Å²) in [6, 6.07) is 7.55. The van der Waals surface area contributed by atoms with Crippen LogP contribution in [0.2, 0.25) is 0 Å². The molecule has 0 bridgehead atoms. The molecular formula is C17H23N3O2S. The first-order chi connectivity index (χ1) is 11.0. The van der Waals surface area contributed by atoms with Crippen LogP contribution in [0.4, 0.5) is 0 Å². The SMILES string of the molecule is CC(C)NC(=O)CCCCCn1c(=S)[nH]c2ccccc2c1=O. The highest BCUT2D eigenvalue weighted by molar-refractivity contribution is 7.71. The fourth-order valence-corrected chi connectivity index (χ4v) is 2.81. The Hall–Kier alpha value is -1.95. The first kappa shape index (κ1) is 17.4. The van der Waals surface area contributed by atoms with Gasteiger partial charge in [0.05, 0.1) is 10.9 Å². The number of H-pyrrole nitrogens is 1. The molecule has 0 aliphatic rings. The standard InChI is InChI=1S/C17H23N3O2S/c1-12(2)18-15(21)10-4-3-7-11-20-16(22)13-8-5-6-9-14(13)19-17(20)23/h5-6,8-9,12H,3-4,7,10-11H2,1-2H3,(H,18,21)(H,19,23). The van der Waals surface area contributed by atoms with Crippen molar-refractivity contribution in [3.05, 3.63) is 39.4 Å². The normalized spacial score (nSPS) is 11.1. The van der Waals surface area contributed by atoms with Crippen LogP contribution >= 0.6 is 12.2 Å². The van der Waals surface area contributed by atoms with Crippen LogP contribution in [0.25, 0.3) is 10.9 Å². The Morgan fingerprint density at radius 3 is 2.74 bits per heavy atom. The van der Waals surface area contributed by atoms with Crippen molar-refractivity contribution < 1.29 is 4.79 Å². The molecule has 0 unspecified atom stereocenters. The summed E-state index contributed by atoms with van der Waals surface area (Å²) in [7, 11) is 0. The molecule has 6 heteroatoms. The van der Waals surface area contributed by atoms with Crippen molar-refractivity contribution in [2.24, 2.45) is 0 Å². The van der Waals surface area contributed by atoms with E-state index in [4.69, 9.17) is 12.2 Å². The summed E-state index contributed by atoms with van der Waals surface area (Å²) in [5, 5.41) is 3.52. The van der Waals surface area contributed by atoms with Gasteiger partial charge >= 0.3 is 0 Å². The van der Waals surface area contributed by atoms with E-state index in [1.165, 1.54) is 0 Å². The second-order valence-corrected chi connectivity index (χ2v) is 6.35. The molecule has 2 N–H and O–H groups in total. The van der Waals surface area contributed by atoms with Crippen LogP contribution in [0.3, 0.4) is 0 Å². The molecule has 0 aliphatic heterocycles. The second-order valence-electron chi connectivity index (χ2n) is 5.97. The highest BCUT2D eigenvalue weighted by atomic mass is 32.1. The Morgan fingerprint density at radius 2 is 2.00 bits per heavy atom. The molecule has 0 radical (unpaired) electrons. The molecule has 23 heavy (non-hydrogen) atoms. The van der Waals surface area contributed by atoms with E-state index >= 15 is 0 Å². The molecule has 0 spiro atoms. The van der Waals surface area contributed by atoms with Gasteiger partial charge in [0.1, 0.15) is 0 Å². The van der Waals surface area contributed by atoms with Gasteiger partial charge in [-0.15, -0.1) is 0 Å². The van der Waals surface area contributed by atoms with Crippen molar-refractivity contribution in [2.45, 2.75) is 52.1 Å². The van der Waals surface area contributed by atoms with E-state index in [0.29, 0.717) is 23.1 Å². The number of hydrogen-bond donors (Lipinski definition) is 2. The van der Waals surface area contributed by atoms with E-state index in [0.717, 1.165) is 24.8 Å². The van der Waals surface area contributed by atoms with Crippen LogP contribution in [0.5, 0.6) is 0 Å². The van der Waals surface area contributed by atoms with Crippen LogP contribution in [0.15, 0.2) is 29.1 Å². The zero-order valence-corrected chi connectivity index (χ0v) is 14.4. The number of carbonyl (C=O) groups excluding carboxylic acids is 1. The predicted octanol–water partition coefficient (Wildman–Crippen LogP) is 3.14. The Labute approximate surface area is 140 Å². The number of hydrogen-bond acceptors (Lipinski definition) is 3. The van der Waals surface area contributed by atoms with Gasteiger partial charge in [0.25, 0.3) is 5.56 Å². The summed E-state index contributed by atoms with van der Waals surface area (Å²) >= 11 is 5.28. The number of rotatable bonds is 7. The van der Waals surface area contributed by atoms with Gasteiger partial charge in [0.15, 0.2) is 4.77 Å². The van der Waals surface area contributed by atoms with Crippen LogP contribution in [-0.4, -0.2) is 21.5 Å². The lowest BCUT2D eigenvalue weighted by molar-refractivity contribution is -0.121. The molecule has 2 rings (SSSR count). The lowest BCUT2D eigenvalue weighted by Crippen LogP contribution is -2.29. The number of nitrogens with zero attached hydrogens (tertiary/aromatic N) is 1. The van der Waals surface area contributed by atoms with E-state index in [-0.39, 0.29) is 17.5 Å². The fraction of sp³-hybridized carbons (Fsp3) is 0.471. The number of fused-ring (bicyclic) bond motifs is 1. The maximum atomic E-state index is 12.5. The second kappa shape index (κ2) is 8.06. The maximum absolute atomic E-state index is 12.5. The predicted molar refractivity (Wildman–Crippen MR) is 95.1 cm³/mol. The molecule has 5 nitrogen and oxygen atoms in total. The van der Waals surface area contributed by atoms with Gasteiger partial charge in [-0.1, -0.05) is 18.6 Å². The first-order valence-corrected chi connectivity index (χ1v) is 8.41. The summed E-state index contributed by atoms with van der Waals surface area (Å²) in [5.74, 6) is 0.0835. The van der Waals surface area contributed by atoms with Crippen LogP contribution < -0.4 is 10.9 Å². The molecule has 0 atom stereocenters. The third kappa shape index (κ3) is 4.76. The number of carbonyl (C=O) groups is 1. The molecule has 124 valence electrons. The number of nitrogens with one attached hydrogen (secondary N) is 2.